The molecule has 0 saturated carbocycles. The standard InChI is InChI=1S/C27H18F2N2O3/c28-20-14-13-17(15-21(20)29)24-23-25(34-31(24)18-9-2-1-3-10-18)27(33)30(26(23)32)22-12-6-8-16-7-4-5-11-19(16)22/h1-15,23-25H. The molecule has 0 aliphatic carbocycles. The smallest absolute Gasteiger partial charge is 0.266 e. The summed E-state index contributed by atoms with van der Waals surface area (Å²) in [5.74, 6) is -3.89. The number of benzene rings is 4. The number of amides is 2. The van der Waals surface area contributed by atoms with Crippen LogP contribution in [0.15, 0.2) is 91.0 Å². The summed E-state index contributed by atoms with van der Waals surface area (Å²) < 4.78 is 27.9. The molecule has 0 spiro atoms. The number of para-hydroxylation sites is 1. The predicted octanol–water partition coefficient (Wildman–Crippen LogP) is 5.17. The Hall–Kier alpha value is -4.10. The van der Waals surface area contributed by atoms with Gasteiger partial charge in [0.2, 0.25) is 5.91 Å². The molecule has 2 aliphatic heterocycles. The number of carbonyl (C=O) groups excluding carboxylic acids is 2. The molecule has 0 aromatic heterocycles. The van der Waals surface area contributed by atoms with Crippen molar-refractivity contribution in [3.05, 3.63) is 108 Å². The summed E-state index contributed by atoms with van der Waals surface area (Å²) in [6.07, 6.45) is -1.09. The predicted molar refractivity (Wildman–Crippen MR) is 123 cm³/mol. The number of fused-ring (bicyclic) bond motifs is 2. The highest BCUT2D eigenvalue weighted by Crippen LogP contribution is 2.48. The van der Waals surface area contributed by atoms with Crippen molar-refractivity contribution >= 4 is 34.0 Å². The molecule has 2 aliphatic rings. The third kappa shape index (κ3) is 3.01. The molecule has 2 heterocycles. The summed E-state index contributed by atoms with van der Waals surface area (Å²) >= 11 is 0. The summed E-state index contributed by atoms with van der Waals surface area (Å²) in [6.45, 7) is 0. The van der Waals surface area contributed by atoms with Crippen LogP contribution in [0.1, 0.15) is 11.6 Å². The van der Waals surface area contributed by atoms with Crippen LogP contribution in [0.4, 0.5) is 20.2 Å². The normalized spacial score (nSPS) is 22.0. The first kappa shape index (κ1) is 20.5. The quantitative estimate of drug-likeness (QED) is 0.399. The molecule has 2 amide bonds. The number of rotatable bonds is 3. The maximum Gasteiger partial charge on any atom is 0.266 e. The Labute approximate surface area is 193 Å². The average molecular weight is 456 g/mol. The molecule has 3 atom stereocenters. The van der Waals surface area contributed by atoms with Crippen LogP contribution < -0.4 is 9.96 Å². The van der Waals surface area contributed by atoms with Crippen LogP contribution in [0.5, 0.6) is 0 Å². The lowest BCUT2D eigenvalue weighted by atomic mass is 9.90. The van der Waals surface area contributed by atoms with Gasteiger partial charge in [-0.05, 0) is 41.3 Å². The minimum Gasteiger partial charge on any atom is -0.273 e. The minimum absolute atomic E-state index is 0.344. The van der Waals surface area contributed by atoms with Crippen molar-refractivity contribution in [1.29, 1.82) is 0 Å². The zero-order chi connectivity index (χ0) is 23.4. The Morgan fingerprint density at radius 1 is 0.735 bits per heavy atom. The Kier molecular flexibility index (Phi) is 4.67. The van der Waals surface area contributed by atoms with E-state index >= 15 is 0 Å². The van der Waals surface area contributed by atoms with Crippen LogP contribution in [-0.2, 0) is 14.4 Å². The molecule has 6 rings (SSSR count). The second-order valence-corrected chi connectivity index (χ2v) is 8.34. The van der Waals surface area contributed by atoms with Gasteiger partial charge in [0, 0.05) is 5.39 Å². The van der Waals surface area contributed by atoms with Gasteiger partial charge in [0.15, 0.2) is 17.7 Å². The third-order valence-corrected chi connectivity index (χ3v) is 6.42. The van der Waals surface area contributed by atoms with Crippen molar-refractivity contribution < 1.29 is 23.2 Å². The second-order valence-electron chi connectivity index (χ2n) is 8.34. The number of hydrogen-bond donors (Lipinski definition) is 0. The number of nitrogens with zero attached hydrogens (tertiary/aromatic N) is 2. The lowest BCUT2D eigenvalue weighted by Gasteiger charge is -2.29. The van der Waals surface area contributed by atoms with Gasteiger partial charge in [0.05, 0.1) is 17.4 Å². The van der Waals surface area contributed by atoms with Crippen molar-refractivity contribution in [2.75, 3.05) is 9.96 Å². The topological polar surface area (TPSA) is 49.9 Å². The van der Waals surface area contributed by atoms with Gasteiger partial charge < -0.3 is 0 Å². The van der Waals surface area contributed by atoms with Gasteiger partial charge >= 0.3 is 0 Å². The van der Waals surface area contributed by atoms with E-state index in [1.165, 1.54) is 11.1 Å². The van der Waals surface area contributed by atoms with Gasteiger partial charge in [-0.1, -0.05) is 60.7 Å². The SMILES string of the molecule is O=C1C2ON(c3ccccc3)C(c3ccc(F)c(F)c3)C2C(=O)N1c1cccc2ccccc12. The summed E-state index contributed by atoms with van der Waals surface area (Å²) in [7, 11) is 0. The molecule has 0 N–H and O–H groups in total. The fourth-order valence-corrected chi connectivity index (χ4v) is 4.89. The number of anilines is 2. The zero-order valence-electron chi connectivity index (χ0n) is 17.8. The molecule has 7 heteroatoms. The molecule has 0 radical (unpaired) electrons. The molecule has 0 bridgehead atoms. The lowest BCUT2D eigenvalue weighted by Crippen LogP contribution is -2.37. The second kappa shape index (κ2) is 7.74. The fraction of sp³-hybridized carbons (Fsp3) is 0.111. The molecular formula is C27H18F2N2O3. The zero-order valence-corrected chi connectivity index (χ0v) is 17.8. The van der Waals surface area contributed by atoms with E-state index in [9.17, 15) is 18.4 Å². The van der Waals surface area contributed by atoms with Gasteiger partial charge in [0.1, 0.15) is 5.92 Å². The summed E-state index contributed by atoms with van der Waals surface area (Å²) in [5.41, 5.74) is 1.42. The first-order valence-electron chi connectivity index (χ1n) is 10.9. The fourth-order valence-electron chi connectivity index (χ4n) is 4.89. The van der Waals surface area contributed by atoms with E-state index in [4.69, 9.17) is 4.84 Å². The van der Waals surface area contributed by atoms with Crippen LogP contribution in [0.3, 0.4) is 0 Å². The van der Waals surface area contributed by atoms with Gasteiger partial charge in [-0.2, -0.15) is 0 Å². The van der Waals surface area contributed by atoms with Gasteiger partial charge in [-0.3, -0.25) is 14.4 Å². The van der Waals surface area contributed by atoms with Crippen LogP contribution in [0.25, 0.3) is 10.8 Å². The van der Waals surface area contributed by atoms with E-state index in [2.05, 4.69) is 0 Å². The molecule has 2 saturated heterocycles. The van der Waals surface area contributed by atoms with Gasteiger partial charge in [-0.15, -0.1) is 0 Å². The largest absolute Gasteiger partial charge is 0.273 e. The summed E-state index contributed by atoms with van der Waals surface area (Å²) in [4.78, 5) is 34.5. The minimum atomic E-state index is -1.09. The van der Waals surface area contributed by atoms with Crippen molar-refractivity contribution in [2.24, 2.45) is 5.92 Å². The van der Waals surface area contributed by atoms with Crippen molar-refractivity contribution in [3.63, 3.8) is 0 Å². The van der Waals surface area contributed by atoms with Crippen LogP contribution in [0, 0.1) is 17.6 Å². The lowest BCUT2D eigenvalue weighted by molar-refractivity contribution is -0.126. The van der Waals surface area contributed by atoms with Crippen molar-refractivity contribution in [3.8, 4) is 0 Å². The van der Waals surface area contributed by atoms with E-state index < -0.39 is 41.5 Å². The first-order chi connectivity index (χ1) is 16.5. The van der Waals surface area contributed by atoms with E-state index in [-0.39, 0.29) is 0 Å². The monoisotopic (exact) mass is 456 g/mol. The Morgan fingerprint density at radius 2 is 1.47 bits per heavy atom. The van der Waals surface area contributed by atoms with Crippen LogP contribution >= 0.6 is 0 Å². The summed E-state index contributed by atoms with van der Waals surface area (Å²) in [5, 5.41) is 3.11. The average Bonchev–Trinajstić information content (AvgIpc) is 3.37. The Morgan fingerprint density at radius 3 is 2.26 bits per heavy atom. The van der Waals surface area contributed by atoms with Crippen LogP contribution in [0.2, 0.25) is 0 Å². The first-order valence-corrected chi connectivity index (χ1v) is 10.9. The van der Waals surface area contributed by atoms with Crippen molar-refractivity contribution in [2.45, 2.75) is 12.1 Å². The van der Waals surface area contributed by atoms with Gasteiger partial charge in [-0.25, -0.2) is 18.7 Å². The van der Waals surface area contributed by atoms with Gasteiger partial charge in [0.25, 0.3) is 5.91 Å². The highest BCUT2D eigenvalue weighted by atomic mass is 19.2. The number of imide groups is 1. The molecule has 4 aromatic rings. The molecule has 3 unspecified atom stereocenters. The number of halogens is 2. The number of hydroxylamine groups is 1. The summed E-state index contributed by atoms with van der Waals surface area (Å²) in [6, 6.07) is 24.5. The highest BCUT2D eigenvalue weighted by Gasteiger charge is 2.60. The molecule has 2 fully saturated rings. The highest BCUT2D eigenvalue weighted by molar-refractivity contribution is 6.26. The number of carbonyl (C=O) groups is 2. The molecule has 5 nitrogen and oxygen atoms in total. The maximum atomic E-state index is 14.2. The van der Waals surface area contributed by atoms with E-state index in [1.54, 1.807) is 36.4 Å². The Bertz CT molecular complexity index is 1440. The van der Waals surface area contributed by atoms with Crippen LogP contribution in [-0.4, -0.2) is 17.9 Å². The Balaban J connectivity index is 1.48. The van der Waals surface area contributed by atoms with E-state index in [1.807, 2.05) is 36.4 Å². The molecule has 4 aromatic carbocycles. The molecule has 34 heavy (non-hydrogen) atoms. The maximum absolute atomic E-state index is 14.2. The van der Waals surface area contributed by atoms with E-state index in [0.29, 0.717) is 16.9 Å². The number of hydrogen-bond acceptors (Lipinski definition) is 4. The molecular weight excluding hydrogens is 438 g/mol. The molecule has 168 valence electrons. The van der Waals surface area contributed by atoms with Crippen molar-refractivity contribution in [1.82, 2.24) is 0 Å². The third-order valence-electron chi connectivity index (χ3n) is 6.42. The van der Waals surface area contributed by atoms with E-state index in [0.717, 1.165) is 27.8 Å².